The molecule has 0 spiro atoms. The molecule has 13 heteroatoms. The topological polar surface area (TPSA) is 140 Å². The number of aromatic nitrogens is 4. The molecule has 0 bridgehead atoms. The summed E-state index contributed by atoms with van der Waals surface area (Å²) in [5.41, 5.74) is 4.69. The van der Waals surface area contributed by atoms with E-state index in [1.165, 1.54) is 27.4 Å². The minimum absolute atomic E-state index is 0.0223. The summed E-state index contributed by atoms with van der Waals surface area (Å²) >= 11 is 1.11. The van der Waals surface area contributed by atoms with Crippen LogP contribution in [0.2, 0.25) is 0 Å². The minimum atomic E-state index is -0.281. The van der Waals surface area contributed by atoms with Crippen LogP contribution in [0.15, 0.2) is 113 Å². The summed E-state index contributed by atoms with van der Waals surface area (Å²) in [6.45, 7) is 0. The lowest BCUT2D eigenvalue weighted by atomic mass is 10.1. The molecule has 12 nitrogen and oxygen atoms in total. The Kier molecular flexibility index (Phi) is 10.8. The molecule has 1 N–H and O–H groups in total. The molecule has 6 aromatic rings. The minimum Gasteiger partial charge on any atom is -0.497 e. The number of ether oxygens (including phenoxy) is 4. The first-order valence-electron chi connectivity index (χ1n) is 15.6. The molecule has 0 aliphatic heterocycles. The molecule has 1 amide bonds. The lowest BCUT2D eigenvalue weighted by molar-refractivity contribution is -0.113. The van der Waals surface area contributed by atoms with Gasteiger partial charge in [-0.15, -0.1) is 10.2 Å². The molecule has 0 aliphatic rings. The molecule has 4 aromatic carbocycles. The monoisotopic (exact) mass is 703 g/mol. The lowest BCUT2D eigenvalue weighted by Gasteiger charge is -2.12. The first-order chi connectivity index (χ1) is 24.9. The summed E-state index contributed by atoms with van der Waals surface area (Å²) in [7, 11) is 6.20. The Morgan fingerprint density at radius 2 is 1.55 bits per heavy atom. The molecule has 51 heavy (non-hydrogen) atoms. The van der Waals surface area contributed by atoms with Gasteiger partial charge in [-0.2, -0.15) is 5.10 Å². The van der Waals surface area contributed by atoms with Crippen LogP contribution in [0.3, 0.4) is 0 Å². The molecule has 0 saturated heterocycles. The number of hydrogen-bond acceptors (Lipinski definition) is 11. The van der Waals surface area contributed by atoms with Crippen molar-refractivity contribution in [3.05, 3.63) is 114 Å². The van der Waals surface area contributed by atoms with Crippen LogP contribution in [0.4, 0.5) is 5.69 Å². The third-order valence-corrected chi connectivity index (χ3v) is 8.45. The van der Waals surface area contributed by atoms with Crippen LogP contribution in [0, 0.1) is 0 Å². The van der Waals surface area contributed by atoms with Crippen LogP contribution < -0.4 is 24.3 Å². The summed E-state index contributed by atoms with van der Waals surface area (Å²) in [5.74, 6) is 1.95. The Balaban J connectivity index is 1.08. The van der Waals surface area contributed by atoms with Crippen LogP contribution in [-0.4, -0.2) is 65.9 Å². The number of methoxy groups -OCH3 is 4. The van der Waals surface area contributed by atoms with E-state index in [2.05, 4.69) is 15.5 Å². The Hall–Kier alpha value is -6.34. The molecule has 0 saturated carbocycles. The highest BCUT2D eigenvalue weighted by Gasteiger charge is 2.20. The van der Waals surface area contributed by atoms with E-state index in [-0.39, 0.29) is 28.6 Å². The van der Waals surface area contributed by atoms with Gasteiger partial charge in [0.15, 0.2) is 17.3 Å². The number of amides is 1. The number of thioether (sulfide) groups is 1. The van der Waals surface area contributed by atoms with Crippen molar-refractivity contribution in [3.63, 3.8) is 0 Å². The second-order valence-electron chi connectivity index (χ2n) is 10.8. The van der Waals surface area contributed by atoms with Crippen molar-refractivity contribution in [3.8, 4) is 51.4 Å². The Labute approximate surface area is 298 Å². The van der Waals surface area contributed by atoms with Crippen molar-refractivity contribution >= 4 is 35.2 Å². The molecule has 0 aliphatic carbocycles. The number of carbonyl (C=O) groups is 2. The fourth-order valence-electron chi connectivity index (χ4n) is 5.09. The van der Waals surface area contributed by atoms with Gasteiger partial charge in [0.05, 0.1) is 45.4 Å². The van der Waals surface area contributed by atoms with E-state index in [9.17, 15) is 9.59 Å². The van der Waals surface area contributed by atoms with Crippen molar-refractivity contribution in [2.75, 3.05) is 39.5 Å². The van der Waals surface area contributed by atoms with Gasteiger partial charge in [0, 0.05) is 23.0 Å². The third kappa shape index (κ3) is 8.11. The predicted molar refractivity (Wildman–Crippen MR) is 194 cm³/mol. The largest absolute Gasteiger partial charge is 0.497 e. The molecular weight excluding hydrogens is 671 g/mol. The fourth-order valence-corrected chi connectivity index (χ4v) is 5.65. The summed E-state index contributed by atoms with van der Waals surface area (Å²) in [4.78, 5) is 25.6. The fraction of sp³-hybridized carbons (Fsp3) is 0.132. The Bertz CT molecular complexity index is 2140. The van der Waals surface area contributed by atoms with Gasteiger partial charge in [-0.05, 0) is 84.4 Å². The van der Waals surface area contributed by atoms with Gasteiger partial charge in [-0.1, -0.05) is 36.0 Å². The normalized spacial score (nSPS) is 11.0. The number of hydrogen-bond donors (Lipinski definition) is 1. The van der Waals surface area contributed by atoms with Gasteiger partial charge in [-0.3, -0.25) is 9.59 Å². The summed E-state index contributed by atoms with van der Waals surface area (Å²) < 4.78 is 29.2. The predicted octanol–water partition coefficient (Wildman–Crippen LogP) is 7.25. The molecule has 2 heterocycles. The second kappa shape index (κ2) is 15.9. The zero-order chi connectivity index (χ0) is 35.7. The number of nitrogens with one attached hydrogen (secondary N) is 1. The molecule has 0 unspecified atom stereocenters. The summed E-state index contributed by atoms with van der Waals surface area (Å²) in [6, 6.07) is 27.3. The second-order valence-corrected chi connectivity index (χ2v) is 11.8. The average molecular weight is 704 g/mol. The Morgan fingerprint density at radius 1 is 0.843 bits per heavy atom. The number of nitrogens with zero attached hydrogens (tertiary/aromatic N) is 4. The van der Waals surface area contributed by atoms with Gasteiger partial charge in [0.2, 0.25) is 11.7 Å². The van der Waals surface area contributed by atoms with E-state index in [4.69, 9.17) is 28.5 Å². The number of carbonyl (C=O) groups excluding carboxylic acids is 2. The van der Waals surface area contributed by atoms with Crippen molar-refractivity contribution < 1.29 is 33.0 Å². The molecular formula is C38H33N5O7S. The van der Waals surface area contributed by atoms with Gasteiger partial charge in [-0.25, -0.2) is 4.68 Å². The molecule has 2 aromatic heterocycles. The number of ketones is 1. The average Bonchev–Trinajstić information content (AvgIpc) is 3.84. The maximum Gasteiger partial charge on any atom is 0.277 e. The van der Waals surface area contributed by atoms with E-state index < -0.39 is 0 Å². The number of anilines is 1. The quantitative estimate of drug-likeness (QED) is 0.0697. The van der Waals surface area contributed by atoms with Crippen LogP contribution in [0.1, 0.15) is 15.9 Å². The highest BCUT2D eigenvalue weighted by molar-refractivity contribution is 7.99. The van der Waals surface area contributed by atoms with E-state index in [1.54, 1.807) is 54.3 Å². The van der Waals surface area contributed by atoms with E-state index in [0.717, 1.165) is 28.8 Å². The first-order valence-corrected chi connectivity index (χ1v) is 16.6. The highest BCUT2D eigenvalue weighted by Crippen LogP contribution is 2.38. The molecule has 258 valence electrons. The van der Waals surface area contributed by atoms with Crippen LogP contribution in [-0.2, 0) is 4.79 Å². The van der Waals surface area contributed by atoms with Crippen LogP contribution >= 0.6 is 11.8 Å². The van der Waals surface area contributed by atoms with Crippen molar-refractivity contribution in [2.24, 2.45) is 0 Å². The van der Waals surface area contributed by atoms with Gasteiger partial charge in [0.1, 0.15) is 11.4 Å². The summed E-state index contributed by atoms with van der Waals surface area (Å²) in [5, 5.41) is 16.3. The zero-order valence-corrected chi connectivity index (χ0v) is 29.0. The number of benzene rings is 4. The third-order valence-electron chi connectivity index (χ3n) is 7.63. The van der Waals surface area contributed by atoms with Gasteiger partial charge >= 0.3 is 0 Å². The first kappa shape index (κ1) is 34.5. The highest BCUT2D eigenvalue weighted by atomic mass is 32.2. The van der Waals surface area contributed by atoms with Crippen LogP contribution in [0.5, 0.6) is 23.0 Å². The number of rotatable bonds is 14. The van der Waals surface area contributed by atoms with E-state index >= 15 is 0 Å². The molecule has 0 atom stereocenters. The zero-order valence-electron chi connectivity index (χ0n) is 28.2. The van der Waals surface area contributed by atoms with E-state index in [0.29, 0.717) is 45.3 Å². The molecule has 0 radical (unpaired) electrons. The van der Waals surface area contributed by atoms with Crippen molar-refractivity contribution in [2.45, 2.75) is 5.22 Å². The van der Waals surface area contributed by atoms with Gasteiger partial charge in [0.25, 0.3) is 11.1 Å². The maximum atomic E-state index is 12.9. The van der Waals surface area contributed by atoms with Crippen LogP contribution in [0.25, 0.3) is 34.5 Å². The molecule has 0 fully saturated rings. The lowest BCUT2D eigenvalue weighted by Crippen LogP contribution is -2.14. The van der Waals surface area contributed by atoms with E-state index in [1.807, 2.05) is 60.8 Å². The van der Waals surface area contributed by atoms with Crippen molar-refractivity contribution in [1.82, 2.24) is 20.0 Å². The number of allylic oxidation sites excluding steroid dienone is 1. The molecule has 6 rings (SSSR count). The SMILES string of the molecule is COc1ccc(-c2nn(-c3ccccc3)cc2-c2nnc(SCC(=O)Nc3ccc(C(=O)/C=C/c4cc(OC)c(OC)c(OC)c4)cc3)o2)cc1. The van der Waals surface area contributed by atoms with Crippen molar-refractivity contribution in [1.29, 1.82) is 0 Å². The standard InChI is InChI=1S/C38H33N5O7S/c1-46-29-17-13-26(14-18-29)35-30(22-43(42-35)28-8-6-5-7-9-28)37-40-41-38(50-37)51-23-34(45)39-27-15-11-25(12-16-27)31(44)19-10-24-20-32(47-2)36(49-4)33(21-24)48-3/h5-22H,23H2,1-4H3,(H,39,45)/b19-10+. The summed E-state index contributed by atoms with van der Waals surface area (Å²) in [6.07, 6.45) is 4.95. The number of para-hydroxylation sites is 1. The maximum absolute atomic E-state index is 12.9. The Morgan fingerprint density at radius 3 is 2.20 bits per heavy atom. The smallest absolute Gasteiger partial charge is 0.277 e. The van der Waals surface area contributed by atoms with Gasteiger partial charge < -0.3 is 28.7 Å².